The molecule has 1 N–H and O–H groups in total. The zero-order chi connectivity index (χ0) is 19.5. The standard InChI is InChI=1S/C21H19IN3O2.Al/c22-24-17-5-1-4-16(13-17)21(26)25-11-8-18(9-12-25)27-20-6-2-3-15-7-10-23-14-19(15)20;/h1,3-7,10,13-14,18,24H,8-9,11-12H2;. The summed E-state index contributed by atoms with van der Waals surface area (Å²) in [7, 11) is 0. The fourth-order valence-electron chi connectivity index (χ4n) is 3.53. The van der Waals surface area contributed by atoms with E-state index < -0.39 is 0 Å². The Morgan fingerprint density at radius 2 is 2.04 bits per heavy atom. The Balaban J connectivity index is 1.43. The van der Waals surface area contributed by atoms with Crippen LogP contribution in [0, 0.1) is 0 Å². The molecule has 1 fully saturated rings. The van der Waals surface area contributed by atoms with E-state index in [9.17, 15) is 4.79 Å². The SMILES string of the molecule is O=C(c1cccc(NI)c1)N1CCC(Oc2c[c]([Al])cc3ccncc23)CC1. The molecular formula is C21H19AlIN3O2. The highest BCUT2D eigenvalue weighted by Gasteiger charge is 2.25. The van der Waals surface area contributed by atoms with Gasteiger partial charge >= 0.3 is 0 Å². The predicted octanol–water partition coefficient (Wildman–Crippen LogP) is 3.47. The first-order valence-corrected chi connectivity index (χ1v) is 10.9. The first-order chi connectivity index (χ1) is 13.6. The predicted molar refractivity (Wildman–Crippen MR) is 121 cm³/mol. The van der Waals surface area contributed by atoms with Crippen molar-refractivity contribution in [2.75, 3.05) is 16.6 Å². The first-order valence-electron chi connectivity index (χ1n) is 9.20. The van der Waals surface area contributed by atoms with E-state index in [0.29, 0.717) is 18.7 Å². The van der Waals surface area contributed by atoms with Gasteiger partial charge in [-0.3, -0.25) is 9.78 Å². The van der Waals surface area contributed by atoms with E-state index in [4.69, 9.17) is 4.74 Å². The van der Waals surface area contributed by atoms with Gasteiger partial charge in [-0.15, -0.1) is 4.43 Å². The van der Waals surface area contributed by atoms with E-state index in [1.54, 1.807) is 6.20 Å². The molecular weight excluding hydrogens is 480 g/mol. The number of anilines is 1. The molecule has 2 radical (unpaired) electrons. The van der Waals surface area contributed by atoms with Crippen LogP contribution in [0.4, 0.5) is 5.69 Å². The summed E-state index contributed by atoms with van der Waals surface area (Å²) < 4.78 is 10.5. The molecule has 28 heavy (non-hydrogen) atoms. The molecule has 4 rings (SSSR count). The number of rotatable bonds is 4. The monoisotopic (exact) mass is 499 g/mol. The van der Waals surface area contributed by atoms with Crippen LogP contribution in [0.15, 0.2) is 54.9 Å². The van der Waals surface area contributed by atoms with E-state index in [0.717, 1.165) is 39.5 Å². The van der Waals surface area contributed by atoms with Crippen molar-refractivity contribution in [3.8, 4) is 5.75 Å². The zero-order valence-electron chi connectivity index (χ0n) is 15.3. The number of hydrogen-bond acceptors (Lipinski definition) is 4. The lowest BCUT2D eigenvalue weighted by molar-refractivity contribution is 0.0598. The van der Waals surface area contributed by atoms with Gasteiger partial charge in [-0.2, -0.15) is 0 Å². The van der Waals surface area contributed by atoms with Crippen LogP contribution in [0.1, 0.15) is 23.2 Å². The second-order valence-corrected chi connectivity index (χ2v) is 8.11. The minimum absolute atomic E-state index is 0.0774. The number of hydrogen-bond donors (Lipinski definition) is 1. The Morgan fingerprint density at radius 1 is 1.21 bits per heavy atom. The van der Waals surface area contributed by atoms with Crippen LogP contribution in [0.2, 0.25) is 0 Å². The van der Waals surface area contributed by atoms with Gasteiger partial charge < -0.3 is 13.2 Å². The van der Waals surface area contributed by atoms with Gasteiger partial charge in [0.2, 0.25) is 0 Å². The minimum atomic E-state index is 0.0774. The summed E-state index contributed by atoms with van der Waals surface area (Å²) >= 11 is 4.81. The minimum Gasteiger partial charge on any atom is -0.490 e. The number of carbonyl (C=O) groups is 1. The van der Waals surface area contributed by atoms with Gasteiger partial charge in [0.15, 0.2) is 16.3 Å². The number of fused-ring (bicyclic) bond motifs is 1. The molecule has 2 heterocycles. The van der Waals surface area contributed by atoms with Crippen molar-refractivity contribution in [3.63, 3.8) is 0 Å². The number of piperidine rings is 1. The molecule has 0 aliphatic carbocycles. The molecule has 2 aromatic carbocycles. The molecule has 7 heteroatoms. The summed E-state index contributed by atoms with van der Waals surface area (Å²) in [6.45, 7) is 1.39. The van der Waals surface area contributed by atoms with Crippen LogP contribution in [0.5, 0.6) is 5.75 Å². The summed E-state index contributed by atoms with van der Waals surface area (Å²) in [4.78, 5) is 18.9. The molecule has 3 aromatic rings. The summed E-state index contributed by atoms with van der Waals surface area (Å²) in [6.07, 6.45) is 5.38. The van der Waals surface area contributed by atoms with Gasteiger partial charge in [0.1, 0.15) is 11.9 Å². The van der Waals surface area contributed by atoms with Gasteiger partial charge in [-0.05, 0) is 35.7 Å². The molecule has 1 aliphatic heterocycles. The number of aromatic nitrogens is 1. The molecule has 0 atom stereocenters. The molecule has 1 aliphatic rings. The highest BCUT2D eigenvalue weighted by molar-refractivity contribution is 14.1. The third-order valence-electron chi connectivity index (χ3n) is 4.98. The summed E-state index contributed by atoms with van der Waals surface area (Å²) in [5.74, 6) is 0.940. The number of pyridine rings is 1. The third-order valence-corrected chi connectivity index (χ3v) is 5.94. The number of benzene rings is 2. The second kappa shape index (κ2) is 8.68. The van der Waals surface area contributed by atoms with Crippen molar-refractivity contribution in [2.45, 2.75) is 18.9 Å². The number of halogens is 1. The van der Waals surface area contributed by atoms with E-state index in [2.05, 4.69) is 53.7 Å². The zero-order valence-corrected chi connectivity index (χ0v) is 18.6. The third kappa shape index (κ3) is 4.27. The van der Waals surface area contributed by atoms with Crippen molar-refractivity contribution in [1.29, 1.82) is 0 Å². The smallest absolute Gasteiger partial charge is 0.253 e. The lowest BCUT2D eigenvalue weighted by Crippen LogP contribution is -2.41. The van der Waals surface area contributed by atoms with E-state index in [-0.39, 0.29) is 12.0 Å². The van der Waals surface area contributed by atoms with Gasteiger partial charge in [-0.25, -0.2) is 0 Å². The average Bonchev–Trinajstić information content (AvgIpc) is 2.73. The lowest BCUT2D eigenvalue weighted by Gasteiger charge is -2.32. The highest BCUT2D eigenvalue weighted by atomic mass is 127. The van der Waals surface area contributed by atoms with Gasteiger partial charge in [0, 0.05) is 55.0 Å². The number of likely N-dealkylation sites (tertiary alicyclic amines) is 1. The normalized spacial score (nSPS) is 14.8. The maximum absolute atomic E-state index is 12.8. The number of nitrogens with zero attached hydrogens (tertiary/aromatic N) is 2. The first kappa shape index (κ1) is 19.5. The van der Waals surface area contributed by atoms with E-state index >= 15 is 0 Å². The molecule has 1 aromatic heterocycles. The van der Waals surface area contributed by atoms with Crippen molar-refractivity contribution in [1.82, 2.24) is 9.88 Å². The topological polar surface area (TPSA) is 54.5 Å². The van der Waals surface area contributed by atoms with Gasteiger partial charge in [0.05, 0.1) is 22.9 Å². The number of ether oxygens (including phenoxy) is 1. The maximum atomic E-state index is 12.8. The van der Waals surface area contributed by atoms with Crippen LogP contribution in [0.3, 0.4) is 0 Å². The van der Waals surface area contributed by atoms with Crippen LogP contribution in [-0.4, -0.2) is 51.3 Å². The van der Waals surface area contributed by atoms with E-state index in [1.807, 2.05) is 47.5 Å². The molecule has 5 nitrogen and oxygen atoms in total. The number of nitrogens with one attached hydrogen (secondary N) is 1. The Labute approximate surface area is 186 Å². The fourth-order valence-corrected chi connectivity index (χ4v) is 4.20. The van der Waals surface area contributed by atoms with Crippen molar-refractivity contribution in [3.05, 3.63) is 60.4 Å². The van der Waals surface area contributed by atoms with Crippen LogP contribution in [-0.2, 0) is 0 Å². The van der Waals surface area contributed by atoms with Crippen molar-refractivity contribution >= 4 is 65.9 Å². The quantitative estimate of drug-likeness (QED) is 0.340. The summed E-state index contributed by atoms with van der Waals surface area (Å²) in [6, 6.07) is 13.7. The Bertz CT molecular complexity index is 1010. The van der Waals surface area contributed by atoms with E-state index in [1.165, 1.54) is 0 Å². The maximum Gasteiger partial charge on any atom is 0.253 e. The largest absolute Gasteiger partial charge is 0.490 e. The van der Waals surface area contributed by atoms with Crippen LogP contribution in [0.25, 0.3) is 10.8 Å². The van der Waals surface area contributed by atoms with Crippen molar-refractivity contribution < 1.29 is 9.53 Å². The average molecular weight is 499 g/mol. The second-order valence-electron chi connectivity index (χ2n) is 6.90. The molecule has 0 spiro atoms. The lowest BCUT2D eigenvalue weighted by atomic mass is 10.1. The number of carbonyl (C=O) groups excluding carboxylic acids is 1. The van der Waals surface area contributed by atoms with Gasteiger partial charge in [0.25, 0.3) is 5.91 Å². The van der Waals surface area contributed by atoms with Crippen LogP contribution >= 0.6 is 22.9 Å². The van der Waals surface area contributed by atoms with Crippen molar-refractivity contribution in [2.24, 2.45) is 0 Å². The Kier molecular flexibility index (Phi) is 6.05. The molecule has 140 valence electrons. The molecule has 0 bridgehead atoms. The van der Waals surface area contributed by atoms with Crippen LogP contribution < -0.4 is 12.7 Å². The molecule has 0 unspecified atom stereocenters. The molecule has 0 saturated carbocycles. The fraction of sp³-hybridized carbons (Fsp3) is 0.238. The Hall–Kier alpha value is -1.82. The summed E-state index contributed by atoms with van der Waals surface area (Å²) in [5, 5.41) is 2.14. The Morgan fingerprint density at radius 3 is 2.82 bits per heavy atom. The summed E-state index contributed by atoms with van der Waals surface area (Å²) in [5.41, 5.74) is 1.65. The molecule has 1 saturated heterocycles. The van der Waals surface area contributed by atoms with Gasteiger partial charge in [-0.1, -0.05) is 12.1 Å². The molecule has 1 amide bonds. The highest BCUT2D eigenvalue weighted by Crippen LogP contribution is 2.27. The number of amides is 1.